The van der Waals surface area contributed by atoms with E-state index in [2.05, 4.69) is 26.2 Å². The first kappa shape index (κ1) is 23.3. The van der Waals surface area contributed by atoms with Crippen LogP contribution in [0.15, 0.2) is 30.5 Å². The maximum atomic E-state index is 14.8. The van der Waals surface area contributed by atoms with Gasteiger partial charge in [0.05, 0.1) is 18.2 Å². The predicted octanol–water partition coefficient (Wildman–Crippen LogP) is 4.56. The Labute approximate surface area is 210 Å². The summed E-state index contributed by atoms with van der Waals surface area (Å²) in [7, 11) is 1.37. The van der Waals surface area contributed by atoms with Crippen molar-refractivity contribution in [3.8, 4) is 35.2 Å². The lowest BCUT2D eigenvalue weighted by atomic mass is 9.92. The molecule has 0 saturated carbocycles. The number of pyridine rings is 1. The van der Waals surface area contributed by atoms with E-state index in [1.165, 1.54) is 37.6 Å². The van der Waals surface area contributed by atoms with Gasteiger partial charge in [-0.3, -0.25) is 4.98 Å². The number of terminal acetylenes is 1. The number of rotatable bonds is 4. The molecule has 188 valence electrons. The van der Waals surface area contributed by atoms with Gasteiger partial charge in [0.2, 0.25) is 0 Å². The molecule has 10 heteroatoms. The smallest absolute Gasteiger partial charge is 0.318 e. The Morgan fingerprint density at radius 2 is 1.89 bits per heavy atom. The first-order valence-electron chi connectivity index (χ1n) is 11.8. The molecule has 4 aromatic rings. The zero-order valence-electron chi connectivity index (χ0n) is 19.8. The van der Waals surface area contributed by atoms with E-state index in [0.29, 0.717) is 24.3 Å². The van der Waals surface area contributed by atoms with Crippen molar-refractivity contribution >= 4 is 27.6 Å². The number of hydrogen-bond donors (Lipinski definition) is 2. The Kier molecular flexibility index (Phi) is 5.53. The molecule has 2 aromatic carbocycles. The Hall–Kier alpha value is -4.10. The second kappa shape index (κ2) is 8.78. The number of aromatic nitrogens is 3. The molecule has 2 aliphatic rings. The molecule has 0 amide bonds. The fourth-order valence-electron chi connectivity index (χ4n) is 5.55. The fourth-order valence-corrected chi connectivity index (χ4v) is 5.55. The summed E-state index contributed by atoms with van der Waals surface area (Å²) in [5.74, 6) is 1.88. The van der Waals surface area contributed by atoms with Crippen LogP contribution in [-0.2, 0) is 0 Å². The number of alkyl halides is 2. The minimum Gasteiger partial charge on any atom is -0.508 e. The average Bonchev–Trinajstić information content (AvgIpc) is 3.23. The summed E-state index contributed by atoms with van der Waals surface area (Å²) in [5.41, 5.74) is -0.261. The number of ether oxygens (including phenoxy) is 1. The molecule has 6 rings (SSSR count). The molecule has 0 radical (unpaired) electrons. The molecule has 2 fully saturated rings. The number of fused-ring (bicyclic) bond motifs is 4. The molecule has 2 bridgehead atoms. The van der Waals surface area contributed by atoms with Gasteiger partial charge in [-0.15, -0.1) is 6.42 Å². The highest BCUT2D eigenvalue weighted by Crippen LogP contribution is 2.43. The summed E-state index contributed by atoms with van der Waals surface area (Å²) in [5, 5.41) is 14.6. The number of benzene rings is 2. The van der Waals surface area contributed by atoms with E-state index in [1.54, 1.807) is 0 Å². The third kappa shape index (κ3) is 3.78. The first-order valence-corrected chi connectivity index (χ1v) is 11.8. The lowest BCUT2D eigenvalue weighted by molar-refractivity contribution is 0.153. The SMILES string of the molecule is C#Cc1c(F)ccc2cc(O)cc(-c3cnc4c(N5CC6CCC(C5)N6)nc(OC)nc4c3C(F)F)c12. The van der Waals surface area contributed by atoms with Gasteiger partial charge in [-0.1, -0.05) is 12.0 Å². The Bertz CT molecular complexity index is 1590. The van der Waals surface area contributed by atoms with Crippen LogP contribution in [-0.4, -0.2) is 52.3 Å². The molecule has 2 atom stereocenters. The quantitative estimate of drug-likeness (QED) is 0.394. The van der Waals surface area contributed by atoms with Crippen molar-refractivity contribution in [1.82, 2.24) is 20.3 Å². The van der Waals surface area contributed by atoms with Gasteiger partial charge < -0.3 is 20.1 Å². The maximum absolute atomic E-state index is 14.8. The second-order valence-corrected chi connectivity index (χ2v) is 9.32. The van der Waals surface area contributed by atoms with Crippen LogP contribution in [0.3, 0.4) is 0 Å². The minimum absolute atomic E-state index is 0.0161. The fraction of sp³-hybridized carbons (Fsp3) is 0.296. The van der Waals surface area contributed by atoms with Crippen molar-refractivity contribution in [2.75, 3.05) is 25.1 Å². The van der Waals surface area contributed by atoms with Crippen LogP contribution in [0.2, 0.25) is 0 Å². The van der Waals surface area contributed by atoms with Crippen LogP contribution >= 0.6 is 0 Å². The first-order chi connectivity index (χ1) is 17.9. The summed E-state index contributed by atoms with van der Waals surface area (Å²) in [6.45, 7) is 1.31. The number of methoxy groups -OCH3 is 1. The molecular weight excluding hydrogens is 483 g/mol. The molecule has 0 aliphatic carbocycles. The Morgan fingerprint density at radius 3 is 2.57 bits per heavy atom. The molecule has 2 saturated heterocycles. The summed E-state index contributed by atoms with van der Waals surface area (Å²) in [6.07, 6.45) is 5.96. The minimum atomic E-state index is -2.98. The Morgan fingerprint density at radius 1 is 1.14 bits per heavy atom. The number of nitrogens with zero attached hydrogens (tertiary/aromatic N) is 4. The van der Waals surface area contributed by atoms with Crippen LogP contribution < -0.4 is 15.0 Å². The summed E-state index contributed by atoms with van der Waals surface area (Å²) < 4.78 is 49.6. The highest BCUT2D eigenvalue weighted by Gasteiger charge is 2.35. The van der Waals surface area contributed by atoms with Gasteiger partial charge in [0.15, 0.2) is 5.82 Å². The van der Waals surface area contributed by atoms with Gasteiger partial charge in [-0.25, -0.2) is 13.2 Å². The van der Waals surface area contributed by atoms with E-state index in [-0.39, 0.29) is 57.0 Å². The topological polar surface area (TPSA) is 83.4 Å². The van der Waals surface area contributed by atoms with Crippen molar-refractivity contribution in [2.45, 2.75) is 31.4 Å². The van der Waals surface area contributed by atoms with Gasteiger partial charge in [-0.05, 0) is 42.0 Å². The van der Waals surface area contributed by atoms with E-state index >= 15 is 0 Å². The largest absolute Gasteiger partial charge is 0.508 e. The maximum Gasteiger partial charge on any atom is 0.318 e. The average molecular weight is 506 g/mol. The van der Waals surface area contributed by atoms with Crippen molar-refractivity contribution in [3.63, 3.8) is 0 Å². The van der Waals surface area contributed by atoms with Crippen LogP contribution in [0, 0.1) is 18.2 Å². The molecule has 2 N–H and O–H groups in total. The van der Waals surface area contributed by atoms with Crippen molar-refractivity contribution in [1.29, 1.82) is 0 Å². The van der Waals surface area contributed by atoms with Crippen molar-refractivity contribution < 1.29 is 23.0 Å². The highest BCUT2D eigenvalue weighted by molar-refractivity contribution is 6.04. The third-order valence-electron chi connectivity index (χ3n) is 7.12. The van der Waals surface area contributed by atoms with Gasteiger partial charge in [-0.2, -0.15) is 9.97 Å². The van der Waals surface area contributed by atoms with Crippen molar-refractivity contribution in [3.05, 3.63) is 47.4 Å². The van der Waals surface area contributed by atoms with Gasteiger partial charge in [0.1, 0.15) is 22.6 Å². The van der Waals surface area contributed by atoms with Crippen LogP contribution in [0.1, 0.15) is 30.4 Å². The molecule has 2 aromatic heterocycles. The number of phenols is 1. The zero-order valence-corrected chi connectivity index (χ0v) is 19.8. The van der Waals surface area contributed by atoms with E-state index in [4.69, 9.17) is 11.2 Å². The number of halogens is 3. The molecule has 4 heterocycles. The molecule has 37 heavy (non-hydrogen) atoms. The second-order valence-electron chi connectivity index (χ2n) is 9.32. The van der Waals surface area contributed by atoms with Crippen LogP contribution in [0.25, 0.3) is 32.9 Å². The predicted molar refractivity (Wildman–Crippen MR) is 134 cm³/mol. The van der Waals surface area contributed by atoms with Gasteiger partial charge >= 0.3 is 6.01 Å². The van der Waals surface area contributed by atoms with Gasteiger partial charge in [0.25, 0.3) is 6.43 Å². The molecule has 2 unspecified atom stereocenters. The highest BCUT2D eigenvalue weighted by atomic mass is 19.3. The summed E-state index contributed by atoms with van der Waals surface area (Å²) >= 11 is 0. The normalized spacial score (nSPS) is 19.1. The third-order valence-corrected chi connectivity index (χ3v) is 7.12. The molecule has 0 spiro atoms. The number of nitrogens with one attached hydrogen (secondary N) is 1. The molecule has 7 nitrogen and oxygen atoms in total. The lowest BCUT2D eigenvalue weighted by Gasteiger charge is -2.34. The van der Waals surface area contributed by atoms with E-state index < -0.39 is 17.8 Å². The molecular formula is C27H22F3N5O2. The van der Waals surface area contributed by atoms with Gasteiger partial charge in [0, 0.05) is 42.3 Å². The van der Waals surface area contributed by atoms with E-state index in [1.807, 2.05) is 4.90 Å². The number of aromatic hydroxyl groups is 1. The van der Waals surface area contributed by atoms with E-state index in [0.717, 1.165) is 12.8 Å². The lowest BCUT2D eigenvalue weighted by Crippen LogP contribution is -2.51. The van der Waals surface area contributed by atoms with E-state index in [9.17, 15) is 18.3 Å². The molecule has 2 aliphatic heterocycles. The monoisotopic (exact) mass is 505 g/mol. The number of phenolic OH excluding ortho intramolecular Hbond substituents is 1. The summed E-state index contributed by atoms with van der Waals surface area (Å²) in [6, 6.07) is 5.79. The van der Waals surface area contributed by atoms with Crippen LogP contribution in [0.4, 0.5) is 19.0 Å². The van der Waals surface area contributed by atoms with Crippen LogP contribution in [0.5, 0.6) is 11.8 Å². The summed E-state index contributed by atoms with van der Waals surface area (Å²) in [4.78, 5) is 15.3. The number of anilines is 1. The zero-order chi connectivity index (χ0) is 25.8. The van der Waals surface area contributed by atoms with Crippen molar-refractivity contribution in [2.24, 2.45) is 0 Å². The standard InChI is InChI=1S/C27H22F3N5O2/c1-3-17-20(28)7-4-13-8-16(36)9-18(21(13)17)19-10-31-24-23(22(19)25(29)30)33-27(37-2)34-26(24)35-11-14-5-6-15(12-35)32-14/h1,4,7-10,14-15,25,32,36H,5-6,11-12H2,2H3. The number of piperazine rings is 1. The number of hydrogen-bond acceptors (Lipinski definition) is 7. The Balaban J connectivity index is 1.65.